The lowest BCUT2D eigenvalue weighted by atomic mass is 9.85. The number of ether oxygens (including phenoxy) is 1. The summed E-state index contributed by atoms with van der Waals surface area (Å²) in [7, 11) is 0. The van der Waals surface area contributed by atoms with Crippen molar-refractivity contribution in [1.29, 1.82) is 0 Å². The third-order valence-corrected chi connectivity index (χ3v) is 2.99. The van der Waals surface area contributed by atoms with E-state index in [4.69, 9.17) is 4.74 Å². The summed E-state index contributed by atoms with van der Waals surface area (Å²) in [4.78, 5) is 11.2. The van der Waals surface area contributed by atoms with Crippen molar-refractivity contribution in [3.8, 4) is 0 Å². The van der Waals surface area contributed by atoms with Crippen LogP contribution in [0.5, 0.6) is 0 Å². The fourth-order valence-corrected chi connectivity index (χ4v) is 2.22. The molecule has 0 saturated carbocycles. The first-order valence-corrected chi connectivity index (χ1v) is 5.61. The molecule has 0 amide bonds. The Kier molecular flexibility index (Phi) is 3.25. The predicted molar refractivity (Wildman–Crippen MR) is 61.0 cm³/mol. The number of carbonyl (C=O) groups is 1. The van der Waals surface area contributed by atoms with Crippen molar-refractivity contribution in [2.75, 3.05) is 13.1 Å². The molecule has 0 aliphatic carbocycles. The Morgan fingerprint density at radius 3 is 2.44 bits per heavy atom. The standard InChI is InChI=1S/C13H16NO2/c1-11(15)16-13(7-9-14-10-8-13)12-5-3-2-4-6-12/h2-6H,7-10H2,1H3. The summed E-state index contributed by atoms with van der Waals surface area (Å²) in [6, 6.07) is 9.97. The van der Waals surface area contributed by atoms with Crippen molar-refractivity contribution in [3.63, 3.8) is 0 Å². The number of esters is 1. The average Bonchev–Trinajstić information content (AvgIpc) is 2.30. The second kappa shape index (κ2) is 4.66. The Balaban J connectivity index is 2.29. The molecule has 0 spiro atoms. The van der Waals surface area contributed by atoms with E-state index in [0.717, 1.165) is 31.5 Å². The van der Waals surface area contributed by atoms with E-state index in [9.17, 15) is 4.79 Å². The van der Waals surface area contributed by atoms with Gasteiger partial charge in [0.1, 0.15) is 5.60 Å². The number of hydrogen-bond acceptors (Lipinski definition) is 2. The van der Waals surface area contributed by atoms with Gasteiger partial charge >= 0.3 is 5.97 Å². The van der Waals surface area contributed by atoms with Gasteiger partial charge in [0, 0.05) is 32.9 Å². The topological polar surface area (TPSA) is 40.4 Å². The van der Waals surface area contributed by atoms with E-state index in [1.165, 1.54) is 6.92 Å². The zero-order valence-electron chi connectivity index (χ0n) is 9.48. The highest BCUT2D eigenvalue weighted by atomic mass is 16.6. The molecule has 1 saturated heterocycles. The molecule has 0 unspecified atom stereocenters. The lowest BCUT2D eigenvalue weighted by Gasteiger charge is -2.36. The highest BCUT2D eigenvalue weighted by molar-refractivity contribution is 5.66. The summed E-state index contributed by atoms with van der Waals surface area (Å²) in [6.07, 6.45) is 1.58. The number of hydrogen-bond donors (Lipinski definition) is 0. The molecule has 0 atom stereocenters. The van der Waals surface area contributed by atoms with Crippen LogP contribution in [0.15, 0.2) is 30.3 Å². The minimum Gasteiger partial charge on any atom is -0.454 e. The summed E-state index contributed by atoms with van der Waals surface area (Å²) >= 11 is 0. The molecule has 1 fully saturated rings. The van der Waals surface area contributed by atoms with Crippen LogP contribution in [-0.4, -0.2) is 19.1 Å². The summed E-state index contributed by atoms with van der Waals surface area (Å²) in [5, 5.41) is 4.31. The average molecular weight is 218 g/mol. The van der Waals surface area contributed by atoms with Crippen LogP contribution in [0.3, 0.4) is 0 Å². The predicted octanol–water partition coefficient (Wildman–Crippen LogP) is 1.84. The van der Waals surface area contributed by atoms with Crippen LogP contribution < -0.4 is 5.32 Å². The lowest BCUT2D eigenvalue weighted by molar-refractivity contribution is -0.161. The molecular formula is C13H16NO2. The van der Waals surface area contributed by atoms with Crippen molar-refractivity contribution < 1.29 is 9.53 Å². The van der Waals surface area contributed by atoms with E-state index < -0.39 is 5.60 Å². The van der Waals surface area contributed by atoms with E-state index in [1.54, 1.807) is 0 Å². The van der Waals surface area contributed by atoms with Crippen molar-refractivity contribution in [2.24, 2.45) is 0 Å². The molecule has 1 aromatic carbocycles. The van der Waals surface area contributed by atoms with Gasteiger partial charge in [-0.05, 0) is 5.56 Å². The lowest BCUT2D eigenvalue weighted by Crippen LogP contribution is -2.40. The fourth-order valence-electron chi connectivity index (χ4n) is 2.22. The third-order valence-electron chi connectivity index (χ3n) is 2.99. The minimum absolute atomic E-state index is 0.217. The molecule has 1 heterocycles. The summed E-state index contributed by atoms with van der Waals surface area (Å²) in [5.41, 5.74) is 0.634. The maximum Gasteiger partial charge on any atom is 0.303 e. The maximum atomic E-state index is 11.2. The quantitative estimate of drug-likeness (QED) is 0.711. The molecule has 1 aliphatic rings. The summed E-state index contributed by atoms with van der Waals surface area (Å²) < 4.78 is 5.57. The van der Waals surface area contributed by atoms with Gasteiger partial charge in [0.05, 0.1) is 0 Å². The molecule has 0 aromatic heterocycles. The zero-order valence-corrected chi connectivity index (χ0v) is 9.48. The molecule has 0 N–H and O–H groups in total. The second-order valence-corrected chi connectivity index (χ2v) is 4.12. The highest BCUT2D eigenvalue weighted by Gasteiger charge is 2.37. The van der Waals surface area contributed by atoms with Gasteiger partial charge in [-0.25, -0.2) is 5.32 Å². The van der Waals surface area contributed by atoms with Gasteiger partial charge in [0.25, 0.3) is 0 Å². The summed E-state index contributed by atoms with van der Waals surface area (Å²) in [6.45, 7) is 3.00. The van der Waals surface area contributed by atoms with Crippen molar-refractivity contribution >= 4 is 5.97 Å². The Hall–Kier alpha value is -1.35. The summed E-state index contributed by atoms with van der Waals surface area (Å²) in [5.74, 6) is -0.217. The SMILES string of the molecule is CC(=O)OC1(c2ccccc2)CC[N]CC1. The van der Waals surface area contributed by atoms with E-state index in [-0.39, 0.29) is 5.97 Å². The number of benzene rings is 1. The number of nitrogens with zero attached hydrogens (tertiary/aromatic N) is 1. The molecule has 16 heavy (non-hydrogen) atoms. The number of piperidine rings is 1. The second-order valence-electron chi connectivity index (χ2n) is 4.12. The van der Waals surface area contributed by atoms with Crippen molar-refractivity contribution in [3.05, 3.63) is 35.9 Å². The highest BCUT2D eigenvalue weighted by Crippen LogP contribution is 2.35. The molecular weight excluding hydrogens is 202 g/mol. The Labute approximate surface area is 95.8 Å². The molecule has 2 rings (SSSR count). The van der Waals surface area contributed by atoms with Gasteiger partial charge in [-0.15, -0.1) is 0 Å². The molecule has 3 nitrogen and oxygen atoms in total. The van der Waals surface area contributed by atoms with E-state index >= 15 is 0 Å². The van der Waals surface area contributed by atoms with Gasteiger partial charge in [-0.3, -0.25) is 4.79 Å². The van der Waals surface area contributed by atoms with E-state index in [1.807, 2.05) is 30.3 Å². The number of carbonyl (C=O) groups excluding carboxylic acids is 1. The molecule has 0 bridgehead atoms. The molecule has 1 aromatic rings. The van der Waals surface area contributed by atoms with Gasteiger partial charge in [-0.2, -0.15) is 0 Å². The Morgan fingerprint density at radius 2 is 1.88 bits per heavy atom. The van der Waals surface area contributed by atoms with E-state index in [0.29, 0.717) is 0 Å². The van der Waals surface area contributed by atoms with Crippen LogP contribution >= 0.6 is 0 Å². The molecule has 1 radical (unpaired) electrons. The van der Waals surface area contributed by atoms with Gasteiger partial charge < -0.3 is 4.74 Å². The van der Waals surface area contributed by atoms with E-state index in [2.05, 4.69) is 5.32 Å². The van der Waals surface area contributed by atoms with Crippen LogP contribution in [0, 0.1) is 0 Å². The maximum absolute atomic E-state index is 11.2. The van der Waals surface area contributed by atoms with Crippen LogP contribution in [0.2, 0.25) is 0 Å². The molecule has 85 valence electrons. The van der Waals surface area contributed by atoms with Crippen LogP contribution in [0.1, 0.15) is 25.3 Å². The van der Waals surface area contributed by atoms with Gasteiger partial charge in [0.15, 0.2) is 0 Å². The molecule has 1 aliphatic heterocycles. The normalized spacial score (nSPS) is 19.1. The van der Waals surface area contributed by atoms with Gasteiger partial charge in [-0.1, -0.05) is 30.3 Å². The van der Waals surface area contributed by atoms with Gasteiger partial charge in [0.2, 0.25) is 0 Å². The zero-order chi connectivity index (χ0) is 11.4. The Morgan fingerprint density at radius 1 is 1.25 bits per heavy atom. The minimum atomic E-state index is -0.450. The molecule has 3 heteroatoms. The third kappa shape index (κ3) is 2.25. The monoisotopic (exact) mass is 218 g/mol. The van der Waals surface area contributed by atoms with Crippen LogP contribution in [0.25, 0.3) is 0 Å². The largest absolute Gasteiger partial charge is 0.454 e. The first kappa shape index (κ1) is 11.1. The fraction of sp³-hybridized carbons (Fsp3) is 0.462. The Bertz CT molecular complexity index is 355. The van der Waals surface area contributed by atoms with Crippen LogP contribution in [-0.2, 0) is 15.1 Å². The first-order chi connectivity index (χ1) is 7.73. The van der Waals surface area contributed by atoms with Crippen LogP contribution in [0.4, 0.5) is 0 Å². The number of rotatable bonds is 2. The van der Waals surface area contributed by atoms with Crippen molar-refractivity contribution in [2.45, 2.75) is 25.4 Å². The van der Waals surface area contributed by atoms with Crippen molar-refractivity contribution in [1.82, 2.24) is 5.32 Å². The smallest absolute Gasteiger partial charge is 0.303 e. The first-order valence-electron chi connectivity index (χ1n) is 5.61.